The van der Waals surface area contributed by atoms with Crippen molar-refractivity contribution in [3.8, 4) is 5.75 Å². The Bertz CT molecular complexity index is 1170. The van der Waals surface area contributed by atoms with E-state index in [4.69, 9.17) is 21.6 Å². The number of hydrazine groups is 1. The quantitative estimate of drug-likeness (QED) is 0.119. The van der Waals surface area contributed by atoms with E-state index in [9.17, 15) is 10.0 Å². The van der Waals surface area contributed by atoms with Crippen LogP contribution in [0.5, 0.6) is 5.75 Å². The minimum atomic E-state index is -0.385. The number of benzene rings is 3. The fraction of sp³-hybridized carbons (Fsp3) is 0.0435. The van der Waals surface area contributed by atoms with Crippen LogP contribution in [0, 0.1) is 5.41 Å². The number of methoxy groups -OCH3 is 1. The van der Waals surface area contributed by atoms with Crippen molar-refractivity contribution in [3.63, 3.8) is 0 Å². The molecule has 0 aliphatic rings. The lowest BCUT2D eigenvalue weighted by Crippen LogP contribution is -2.18. The van der Waals surface area contributed by atoms with Gasteiger partial charge in [0.1, 0.15) is 5.75 Å². The number of carbonyl (C=O) groups is 1. The Morgan fingerprint density at radius 1 is 1.15 bits per heavy atom. The van der Waals surface area contributed by atoms with Crippen molar-refractivity contribution in [2.45, 2.75) is 4.90 Å². The number of nitrogens with one attached hydrogen (secondary N) is 3. The van der Waals surface area contributed by atoms with E-state index >= 15 is 0 Å². The van der Waals surface area contributed by atoms with Crippen LogP contribution in [0.15, 0.2) is 77.8 Å². The largest absolute Gasteiger partial charge is 0.496 e. The summed E-state index contributed by atoms with van der Waals surface area (Å²) >= 11 is 1.10. The average Bonchev–Trinajstić information content (AvgIpc) is 2.82. The SMILES string of the molecule is COc1cc(C(=O)Nc2ccc(NN(O)Sc3ccccc3)cc2N)ccc1/C(C=N)=C/N. The second-order valence-corrected chi connectivity index (χ2v) is 7.73. The van der Waals surface area contributed by atoms with Crippen LogP contribution < -0.4 is 26.9 Å². The minimum Gasteiger partial charge on any atom is -0.496 e. The summed E-state index contributed by atoms with van der Waals surface area (Å²) in [6, 6.07) is 19.1. The molecule has 0 bridgehead atoms. The summed E-state index contributed by atoms with van der Waals surface area (Å²) < 4.78 is 6.22. The number of nitrogens with zero attached hydrogens (tertiary/aromatic N) is 1. The molecule has 0 saturated carbocycles. The summed E-state index contributed by atoms with van der Waals surface area (Å²) in [5.74, 6) is 0.0260. The fourth-order valence-corrected chi connectivity index (χ4v) is 3.57. The number of hydrogen-bond acceptors (Lipinski definition) is 9. The second kappa shape index (κ2) is 11.0. The first-order chi connectivity index (χ1) is 15.9. The number of amides is 1. The highest BCUT2D eigenvalue weighted by Gasteiger charge is 2.14. The summed E-state index contributed by atoms with van der Waals surface area (Å²) in [6.07, 6.45) is 2.41. The molecule has 10 heteroatoms. The molecule has 0 unspecified atom stereocenters. The number of nitrogens with two attached hydrogens (primary N) is 2. The van der Waals surface area contributed by atoms with Crippen LogP contribution >= 0.6 is 11.9 Å². The van der Waals surface area contributed by atoms with Gasteiger partial charge >= 0.3 is 0 Å². The predicted octanol–water partition coefficient (Wildman–Crippen LogP) is 4.20. The van der Waals surface area contributed by atoms with Gasteiger partial charge in [-0.1, -0.05) is 18.2 Å². The molecule has 0 heterocycles. The number of carbonyl (C=O) groups excluding carboxylic acids is 1. The topological polar surface area (TPSA) is 150 Å². The summed E-state index contributed by atoms with van der Waals surface area (Å²) in [6.45, 7) is 0. The summed E-state index contributed by atoms with van der Waals surface area (Å²) in [5.41, 5.74) is 17.1. The van der Waals surface area contributed by atoms with Gasteiger partial charge < -0.3 is 26.9 Å². The number of allylic oxidation sites excluding steroid dienone is 1. The van der Waals surface area contributed by atoms with Crippen molar-refractivity contribution < 1.29 is 14.7 Å². The predicted molar refractivity (Wildman–Crippen MR) is 132 cm³/mol. The minimum absolute atomic E-state index is 0.312. The van der Waals surface area contributed by atoms with Crippen molar-refractivity contribution in [2.24, 2.45) is 5.73 Å². The van der Waals surface area contributed by atoms with E-state index < -0.39 is 0 Å². The maximum absolute atomic E-state index is 12.7. The van der Waals surface area contributed by atoms with Gasteiger partial charge in [-0.2, -0.15) is 0 Å². The molecule has 8 N–H and O–H groups in total. The lowest BCUT2D eigenvalue weighted by Gasteiger charge is -2.17. The molecular formula is C23H24N6O3S. The third-order valence-corrected chi connectivity index (χ3v) is 5.32. The van der Waals surface area contributed by atoms with Crippen molar-refractivity contribution >= 4 is 46.7 Å². The van der Waals surface area contributed by atoms with Crippen LogP contribution in [0.3, 0.4) is 0 Å². The van der Waals surface area contributed by atoms with Gasteiger partial charge in [0, 0.05) is 46.0 Å². The zero-order chi connectivity index (χ0) is 23.8. The van der Waals surface area contributed by atoms with Crippen LogP contribution in [0.25, 0.3) is 5.57 Å². The van der Waals surface area contributed by atoms with Crippen LogP contribution in [0.2, 0.25) is 0 Å². The first-order valence-corrected chi connectivity index (χ1v) is 10.5. The Labute approximate surface area is 195 Å². The Balaban J connectivity index is 1.69. The van der Waals surface area contributed by atoms with E-state index in [0.29, 0.717) is 39.5 Å². The van der Waals surface area contributed by atoms with Gasteiger partial charge in [-0.05, 0) is 53.1 Å². The van der Waals surface area contributed by atoms with Crippen molar-refractivity contribution in [1.82, 2.24) is 4.58 Å². The number of anilines is 3. The van der Waals surface area contributed by atoms with E-state index in [1.54, 1.807) is 36.4 Å². The van der Waals surface area contributed by atoms with Gasteiger partial charge in [0.05, 0.1) is 24.2 Å². The van der Waals surface area contributed by atoms with Gasteiger partial charge in [-0.25, -0.2) is 0 Å². The summed E-state index contributed by atoms with van der Waals surface area (Å²) in [4.78, 5) is 13.6. The maximum Gasteiger partial charge on any atom is 0.255 e. The third-order valence-electron chi connectivity index (χ3n) is 4.57. The molecule has 3 rings (SSSR count). The van der Waals surface area contributed by atoms with Crippen LogP contribution in [0.4, 0.5) is 17.1 Å². The molecule has 0 atom stereocenters. The third kappa shape index (κ3) is 6.04. The molecule has 33 heavy (non-hydrogen) atoms. The van der Waals surface area contributed by atoms with Gasteiger partial charge in [-0.15, -0.1) is 0 Å². The fourth-order valence-electron chi connectivity index (χ4n) is 2.94. The Kier molecular flexibility index (Phi) is 7.92. The van der Waals surface area contributed by atoms with Crippen molar-refractivity contribution in [3.05, 3.63) is 84.1 Å². The number of ether oxygens (including phenoxy) is 1. The summed E-state index contributed by atoms with van der Waals surface area (Å²) in [7, 11) is 1.48. The molecule has 0 spiro atoms. The van der Waals surface area contributed by atoms with Gasteiger partial charge in [0.2, 0.25) is 0 Å². The molecule has 3 aromatic rings. The smallest absolute Gasteiger partial charge is 0.255 e. The van der Waals surface area contributed by atoms with Gasteiger partial charge in [0.15, 0.2) is 0 Å². The first-order valence-electron chi connectivity index (χ1n) is 9.75. The molecule has 1 amide bonds. The maximum atomic E-state index is 12.7. The molecule has 0 saturated heterocycles. The normalized spacial score (nSPS) is 11.2. The highest BCUT2D eigenvalue weighted by Crippen LogP contribution is 2.28. The average molecular weight is 465 g/mol. The zero-order valence-corrected chi connectivity index (χ0v) is 18.6. The van der Waals surface area contributed by atoms with E-state index in [-0.39, 0.29) is 5.91 Å². The van der Waals surface area contributed by atoms with Gasteiger partial charge in [-0.3, -0.25) is 15.4 Å². The van der Waals surface area contributed by atoms with Crippen LogP contribution in [-0.2, 0) is 0 Å². The summed E-state index contributed by atoms with van der Waals surface area (Å²) in [5, 5.41) is 20.3. The molecule has 0 fully saturated rings. The van der Waals surface area contributed by atoms with E-state index in [0.717, 1.165) is 27.6 Å². The molecule has 0 radical (unpaired) electrons. The van der Waals surface area contributed by atoms with Crippen molar-refractivity contribution in [1.29, 1.82) is 5.41 Å². The number of nitrogen functional groups attached to an aromatic ring is 1. The molecular weight excluding hydrogens is 440 g/mol. The molecule has 9 nitrogen and oxygen atoms in total. The molecule has 0 aliphatic heterocycles. The Morgan fingerprint density at radius 2 is 1.91 bits per heavy atom. The highest BCUT2D eigenvalue weighted by atomic mass is 32.2. The van der Waals surface area contributed by atoms with E-state index in [1.807, 2.05) is 30.3 Å². The zero-order valence-electron chi connectivity index (χ0n) is 17.8. The Morgan fingerprint density at radius 3 is 2.55 bits per heavy atom. The molecule has 3 aromatic carbocycles. The van der Waals surface area contributed by atoms with Crippen molar-refractivity contribution in [2.75, 3.05) is 23.6 Å². The standard InChI is InChI=1S/C23H24N6O3S/c1-32-22-11-15(7-9-19(22)16(13-24)14-25)23(30)27-21-10-8-17(12-20(21)26)28-29(31)33-18-5-3-2-4-6-18/h2-14,24,28,31H,25-26H2,1H3,(H,27,30)/b16-14+,24-13?. The van der Waals surface area contributed by atoms with E-state index in [1.165, 1.54) is 13.3 Å². The van der Waals surface area contributed by atoms with E-state index in [2.05, 4.69) is 10.7 Å². The number of rotatable bonds is 9. The van der Waals surface area contributed by atoms with Crippen LogP contribution in [-0.4, -0.2) is 29.0 Å². The lowest BCUT2D eigenvalue weighted by molar-refractivity contribution is 0.0438. The van der Waals surface area contributed by atoms with Gasteiger partial charge in [0.25, 0.3) is 5.91 Å². The Hall–Kier alpha value is -3.99. The first kappa shape index (κ1) is 23.7. The van der Waals surface area contributed by atoms with Crippen LogP contribution in [0.1, 0.15) is 15.9 Å². The molecule has 0 aromatic heterocycles. The molecule has 170 valence electrons. The number of hydrogen-bond donors (Lipinski definition) is 6. The lowest BCUT2D eigenvalue weighted by atomic mass is 10.0. The second-order valence-electron chi connectivity index (χ2n) is 6.73. The molecule has 0 aliphatic carbocycles. The highest BCUT2D eigenvalue weighted by molar-refractivity contribution is 7.97. The monoisotopic (exact) mass is 464 g/mol.